The Morgan fingerprint density at radius 1 is 1.32 bits per heavy atom. The van der Waals surface area contributed by atoms with Crippen LogP contribution < -0.4 is 10.1 Å². The normalized spacial score (nSPS) is 17.0. The molecule has 1 aliphatic rings. The van der Waals surface area contributed by atoms with Gasteiger partial charge < -0.3 is 10.1 Å². The van der Waals surface area contributed by atoms with Crippen LogP contribution in [0.1, 0.15) is 16.7 Å². The molecule has 0 spiro atoms. The maximum absolute atomic E-state index is 5.90. The number of ether oxygens (including phenoxy) is 1. The molecule has 0 radical (unpaired) electrons. The molecule has 98 valence electrons. The molecule has 3 heteroatoms. The first-order chi connectivity index (χ1) is 9.33. The van der Waals surface area contributed by atoms with Crippen LogP contribution >= 0.6 is 0 Å². The molecule has 2 heterocycles. The minimum Gasteiger partial charge on any atom is -0.488 e. The molecule has 2 aromatic rings. The lowest BCUT2D eigenvalue weighted by atomic mass is 10.1. The lowest BCUT2D eigenvalue weighted by Gasteiger charge is -2.12. The molecule has 0 saturated carbocycles. The summed E-state index contributed by atoms with van der Waals surface area (Å²) in [5.74, 6) is 1.03. The summed E-state index contributed by atoms with van der Waals surface area (Å²) in [5.41, 5.74) is 3.84. The van der Waals surface area contributed by atoms with Gasteiger partial charge in [0.15, 0.2) is 0 Å². The van der Waals surface area contributed by atoms with Crippen molar-refractivity contribution >= 4 is 0 Å². The molecule has 0 saturated heterocycles. The first kappa shape index (κ1) is 12.2. The highest BCUT2D eigenvalue weighted by Crippen LogP contribution is 2.27. The van der Waals surface area contributed by atoms with Crippen molar-refractivity contribution in [3.63, 3.8) is 0 Å². The van der Waals surface area contributed by atoms with Crippen LogP contribution in [0.4, 0.5) is 0 Å². The number of nitrogens with zero attached hydrogens (tertiary/aromatic N) is 1. The van der Waals surface area contributed by atoms with Gasteiger partial charge in [-0.15, -0.1) is 0 Å². The van der Waals surface area contributed by atoms with Crippen molar-refractivity contribution in [2.45, 2.75) is 26.0 Å². The Balaban J connectivity index is 1.51. The Hall–Kier alpha value is -1.87. The topological polar surface area (TPSA) is 34.2 Å². The summed E-state index contributed by atoms with van der Waals surface area (Å²) in [6.45, 7) is 3.82. The second kappa shape index (κ2) is 5.41. The Morgan fingerprint density at radius 2 is 2.21 bits per heavy atom. The minimum absolute atomic E-state index is 0.245. The predicted molar refractivity (Wildman–Crippen MR) is 75.2 cm³/mol. The second-order valence-electron chi connectivity index (χ2n) is 4.98. The Bertz CT molecular complexity index is 543. The lowest BCUT2D eigenvalue weighted by molar-refractivity contribution is 0.227. The molecule has 1 atom stereocenters. The van der Waals surface area contributed by atoms with Crippen molar-refractivity contribution in [1.82, 2.24) is 10.3 Å². The number of fused-ring (bicyclic) bond motifs is 1. The van der Waals surface area contributed by atoms with Gasteiger partial charge in [0.1, 0.15) is 11.9 Å². The average molecular weight is 254 g/mol. The fraction of sp³-hybridized carbons (Fsp3) is 0.312. The molecule has 1 N–H and O–H groups in total. The van der Waals surface area contributed by atoms with E-state index in [0.717, 1.165) is 25.3 Å². The van der Waals surface area contributed by atoms with E-state index in [2.05, 4.69) is 29.4 Å². The first-order valence-corrected chi connectivity index (χ1v) is 6.67. The molecule has 1 aromatic heterocycles. The van der Waals surface area contributed by atoms with Gasteiger partial charge in [0.05, 0.1) is 0 Å². The van der Waals surface area contributed by atoms with Crippen LogP contribution in [0, 0.1) is 6.92 Å². The number of hydrogen-bond donors (Lipinski definition) is 1. The van der Waals surface area contributed by atoms with Crippen molar-refractivity contribution < 1.29 is 4.74 Å². The monoisotopic (exact) mass is 254 g/mol. The van der Waals surface area contributed by atoms with E-state index in [1.54, 1.807) is 0 Å². The molecule has 0 amide bonds. The van der Waals surface area contributed by atoms with Crippen molar-refractivity contribution in [3.8, 4) is 5.75 Å². The summed E-state index contributed by atoms with van der Waals surface area (Å²) >= 11 is 0. The lowest BCUT2D eigenvalue weighted by Crippen LogP contribution is -2.29. The van der Waals surface area contributed by atoms with Crippen molar-refractivity contribution in [1.29, 1.82) is 0 Å². The Kier molecular flexibility index (Phi) is 3.47. The van der Waals surface area contributed by atoms with Crippen LogP contribution in [0.25, 0.3) is 0 Å². The molecule has 19 heavy (non-hydrogen) atoms. The SMILES string of the molecule is Cc1ccncc1CNCC1Cc2ccccc2O1. The molecule has 0 bridgehead atoms. The van der Waals surface area contributed by atoms with Crippen molar-refractivity contribution in [2.75, 3.05) is 6.54 Å². The van der Waals surface area contributed by atoms with Crippen LogP contribution in [-0.4, -0.2) is 17.6 Å². The van der Waals surface area contributed by atoms with E-state index in [0.29, 0.717) is 0 Å². The Morgan fingerprint density at radius 3 is 3.05 bits per heavy atom. The summed E-state index contributed by atoms with van der Waals surface area (Å²) in [5, 5.41) is 3.45. The summed E-state index contributed by atoms with van der Waals surface area (Å²) in [6, 6.07) is 10.3. The third kappa shape index (κ3) is 2.76. The van der Waals surface area contributed by atoms with Gasteiger partial charge in [-0.3, -0.25) is 4.98 Å². The average Bonchev–Trinajstić information content (AvgIpc) is 2.83. The van der Waals surface area contributed by atoms with Crippen molar-refractivity contribution in [2.24, 2.45) is 0 Å². The van der Waals surface area contributed by atoms with E-state index in [4.69, 9.17) is 4.74 Å². The van der Waals surface area contributed by atoms with Crippen molar-refractivity contribution in [3.05, 3.63) is 59.4 Å². The van der Waals surface area contributed by atoms with E-state index in [9.17, 15) is 0 Å². The standard InChI is InChI=1S/C16H18N2O/c1-12-6-7-17-9-14(12)10-18-11-15-8-13-4-2-3-5-16(13)19-15/h2-7,9,15,18H,8,10-11H2,1H3. The van der Waals surface area contributed by atoms with Gasteiger partial charge in [0.2, 0.25) is 0 Å². The largest absolute Gasteiger partial charge is 0.488 e. The van der Waals surface area contributed by atoms with E-state index in [1.165, 1.54) is 16.7 Å². The fourth-order valence-electron chi connectivity index (χ4n) is 2.42. The number of aromatic nitrogens is 1. The molecule has 1 aromatic carbocycles. The highest BCUT2D eigenvalue weighted by Gasteiger charge is 2.21. The van der Waals surface area contributed by atoms with Gasteiger partial charge in [-0.1, -0.05) is 18.2 Å². The number of pyridine rings is 1. The van der Waals surface area contributed by atoms with E-state index in [-0.39, 0.29) is 6.10 Å². The zero-order valence-corrected chi connectivity index (χ0v) is 11.1. The van der Waals surface area contributed by atoms with Gasteiger partial charge in [0.25, 0.3) is 0 Å². The van der Waals surface area contributed by atoms with E-state index < -0.39 is 0 Å². The zero-order valence-electron chi connectivity index (χ0n) is 11.1. The van der Waals surface area contributed by atoms with E-state index in [1.807, 2.05) is 30.6 Å². The summed E-state index contributed by atoms with van der Waals surface area (Å²) in [7, 11) is 0. The molecular weight excluding hydrogens is 236 g/mol. The summed E-state index contributed by atoms with van der Waals surface area (Å²) < 4.78 is 5.90. The number of hydrogen-bond acceptors (Lipinski definition) is 3. The zero-order chi connectivity index (χ0) is 13.1. The van der Waals surface area contributed by atoms with Crippen LogP contribution in [0.5, 0.6) is 5.75 Å². The minimum atomic E-state index is 0.245. The molecule has 1 unspecified atom stereocenters. The molecule has 3 nitrogen and oxygen atoms in total. The van der Waals surface area contributed by atoms with Crippen LogP contribution in [0.2, 0.25) is 0 Å². The predicted octanol–water partition coefficient (Wildman–Crippen LogP) is 2.48. The molecule has 1 aliphatic heterocycles. The summed E-state index contributed by atoms with van der Waals surface area (Å²) in [4.78, 5) is 4.16. The van der Waals surface area contributed by atoms with Gasteiger partial charge in [-0.2, -0.15) is 0 Å². The third-order valence-corrected chi connectivity index (χ3v) is 3.55. The maximum Gasteiger partial charge on any atom is 0.123 e. The number of benzene rings is 1. The van der Waals surface area contributed by atoms with Gasteiger partial charge in [-0.25, -0.2) is 0 Å². The quantitative estimate of drug-likeness (QED) is 0.910. The fourth-order valence-corrected chi connectivity index (χ4v) is 2.42. The third-order valence-electron chi connectivity index (χ3n) is 3.55. The van der Waals surface area contributed by atoms with Gasteiger partial charge in [-0.05, 0) is 35.7 Å². The number of aryl methyl sites for hydroxylation is 1. The second-order valence-corrected chi connectivity index (χ2v) is 4.98. The van der Waals surface area contributed by atoms with Gasteiger partial charge in [0, 0.05) is 31.9 Å². The summed E-state index contributed by atoms with van der Waals surface area (Å²) in [6.07, 6.45) is 4.99. The van der Waals surface area contributed by atoms with Crippen LogP contribution in [0.3, 0.4) is 0 Å². The Labute approximate surface area is 113 Å². The first-order valence-electron chi connectivity index (χ1n) is 6.67. The van der Waals surface area contributed by atoms with E-state index >= 15 is 0 Å². The maximum atomic E-state index is 5.90. The number of rotatable bonds is 4. The highest BCUT2D eigenvalue weighted by atomic mass is 16.5. The number of para-hydroxylation sites is 1. The van der Waals surface area contributed by atoms with Crippen LogP contribution in [-0.2, 0) is 13.0 Å². The van der Waals surface area contributed by atoms with Gasteiger partial charge >= 0.3 is 0 Å². The smallest absolute Gasteiger partial charge is 0.123 e. The number of nitrogens with one attached hydrogen (secondary N) is 1. The molecule has 0 aliphatic carbocycles. The highest BCUT2D eigenvalue weighted by molar-refractivity contribution is 5.37. The molecular formula is C16H18N2O. The molecule has 3 rings (SSSR count). The molecule has 0 fully saturated rings. The van der Waals surface area contributed by atoms with Crippen LogP contribution in [0.15, 0.2) is 42.7 Å².